The largest absolute Gasteiger partial charge is 0.508 e. The minimum Gasteiger partial charge on any atom is -0.508 e. The maximum Gasteiger partial charge on any atom is 0.120 e. The van der Waals surface area contributed by atoms with E-state index >= 15 is 0 Å². The first-order chi connectivity index (χ1) is 8.97. The number of phenolic OH excluding ortho intramolecular Hbond substituents is 1. The molecule has 106 valence electrons. The van der Waals surface area contributed by atoms with Gasteiger partial charge in [0.05, 0.1) is 6.10 Å². The number of likely N-dealkylation sites (tertiary alicyclic amines) is 1. The fourth-order valence-electron chi connectivity index (χ4n) is 2.82. The van der Waals surface area contributed by atoms with E-state index in [0.29, 0.717) is 11.7 Å². The maximum atomic E-state index is 10.0. The molecule has 1 saturated heterocycles. The number of aryl methyl sites for hydroxylation is 2. The molecule has 0 spiro atoms. The normalized spacial score (nSPS) is 19.6. The number of aromatic hydroxyl groups is 1. The molecule has 0 radical (unpaired) electrons. The number of nitrogens with zero attached hydrogens (tertiary/aromatic N) is 1. The highest BCUT2D eigenvalue weighted by molar-refractivity contribution is 5.40. The number of rotatable bonds is 3. The van der Waals surface area contributed by atoms with Crippen LogP contribution in [0, 0.1) is 19.8 Å². The van der Waals surface area contributed by atoms with E-state index in [4.69, 9.17) is 0 Å². The predicted octanol–water partition coefficient (Wildman–Crippen LogP) is 2.60. The van der Waals surface area contributed by atoms with E-state index in [0.717, 1.165) is 43.6 Å². The fourth-order valence-corrected chi connectivity index (χ4v) is 2.82. The summed E-state index contributed by atoms with van der Waals surface area (Å²) in [5.41, 5.74) is 3.37. The standard InChI is InChI=1S/C16H25NO2/c1-11-8-15(16(19)9-12(11)2)10-17-6-4-14(5-7-17)13(3)18/h8-9,13-14,18-19H,4-7,10H2,1-3H3. The summed E-state index contributed by atoms with van der Waals surface area (Å²) >= 11 is 0. The second-order valence-corrected chi connectivity index (χ2v) is 5.92. The molecule has 1 aromatic carbocycles. The smallest absolute Gasteiger partial charge is 0.120 e. The number of benzene rings is 1. The molecule has 1 aromatic rings. The van der Waals surface area contributed by atoms with Crippen LogP contribution in [-0.4, -0.2) is 34.3 Å². The van der Waals surface area contributed by atoms with Crippen molar-refractivity contribution in [2.45, 2.75) is 46.3 Å². The van der Waals surface area contributed by atoms with Crippen molar-refractivity contribution in [3.63, 3.8) is 0 Å². The van der Waals surface area contributed by atoms with Crippen molar-refractivity contribution < 1.29 is 10.2 Å². The van der Waals surface area contributed by atoms with Crippen molar-refractivity contribution in [1.82, 2.24) is 4.90 Å². The Morgan fingerprint density at radius 1 is 1.21 bits per heavy atom. The summed E-state index contributed by atoms with van der Waals surface area (Å²) in [6, 6.07) is 3.94. The number of phenols is 1. The molecule has 1 fully saturated rings. The number of hydrogen-bond acceptors (Lipinski definition) is 3. The van der Waals surface area contributed by atoms with Crippen LogP contribution in [0.1, 0.15) is 36.5 Å². The van der Waals surface area contributed by atoms with Gasteiger partial charge in [0.15, 0.2) is 0 Å². The third kappa shape index (κ3) is 3.48. The molecule has 0 amide bonds. The third-order valence-electron chi connectivity index (χ3n) is 4.40. The molecule has 2 N–H and O–H groups in total. The van der Waals surface area contributed by atoms with Crippen molar-refractivity contribution in [3.8, 4) is 5.75 Å². The Kier molecular flexibility index (Phi) is 4.48. The molecule has 1 aliphatic heterocycles. The lowest BCUT2D eigenvalue weighted by molar-refractivity contribution is 0.0693. The van der Waals surface area contributed by atoms with Crippen molar-refractivity contribution in [2.24, 2.45) is 5.92 Å². The van der Waals surface area contributed by atoms with Crippen LogP contribution in [0.15, 0.2) is 12.1 Å². The summed E-state index contributed by atoms with van der Waals surface area (Å²) in [5, 5.41) is 19.6. The van der Waals surface area contributed by atoms with Crippen LogP contribution in [0.3, 0.4) is 0 Å². The zero-order chi connectivity index (χ0) is 14.0. The Morgan fingerprint density at radius 3 is 2.37 bits per heavy atom. The SMILES string of the molecule is Cc1cc(O)c(CN2CCC(C(C)O)CC2)cc1C. The highest BCUT2D eigenvalue weighted by Crippen LogP contribution is 2.26. The lowest BCUT2D eigenvalue weighted by atomic mass is 9.92. The molecule has 1 aliphatic rings. The summed E-state index contributed by atoms with van der Waals surface area (Å²) in [6.07, 6.45) is 1.89. The third-order valence-corrected chi connectivity index (χ3v) is 4.40. The van der Waals surface area contributed by atoms with E-state index in [-0.39, 0.29) is 6.10 Å². The lowest BCUT2D eigenvalue weighted by Gasteiger charge is -2.33. The Hall–Kier alpha value is -1.06. The Balaban J connectivity index is 1.98. The molecule has 0 aromatic heterocycles. The van der Waals surface area contributed by atoms with Gasteiger partial charge < -0.3 is 10.2 Å². The molecule has 3 heteroatoms. The van der Waals surface area contributed by atoms with E-state index in [1.54, 1.807) is 0 Å². The number of hydrogen-bond donors (Lipinski definition) is 2. The average Bonchev–Trinajstić information content (AvgIpc) is 2.36. The van der Waals surface area contributed by atoms with Crippen LogP contribution in [0.5, 0.6) is 5.75 Å². The van der Waals surface area contributed by atoms with Crippen molar-refractivity contribution in [2.75, 3.05) is 13.1 Å². The van der Waals surface area contributed by atoms with Crippen LogP contribution in [0.25, 0.3) is 0 Å². The van der Waals surface area contributed by atoms with Gasteiger partial charge in [0.2, 0.25) is 0 Å². The van der Waals surface area contributed by atoms with Gasteiger partial charge in [0.25, 0.3) is 0 Å². The van der Waals surface area contributed by atoms with Crippen LogP contribution < -0.4 is 0 Å². The Bertz CT molecular complexity index is 435. The monoisotopic (exact) mass is 263 g/mol. The summed E-state index contributed by atoms with van der Waals surface area (Å²) in [4.78, 5) is 2.36. The minimum atomic E-state index is -0.197. The van der Waals surface area contributed by atoms with Gasteiger partial charge in [0, 0.05) is 12.1 Å². The highest BCUT2D eigenvalue weighted by Gasteiger charge is 2.23. The molecule has 0 bridgehead atoms. The fraction of sp³-hybridized carbons (Fsp3) is 0.625. The van der Waals surface area contributed by atoms with Crippen LogP contribution >= 0.6 is 0 Å². The van der Waals surface area contributed by atoms with Crippen molar-refractivity contribution >= 4 is 0 Å². The second kappa shape index (κ2) is 5.93. The summed E-state index contributed by atoms with van der Waals surface area (Å²) in [5.74, 6) is 0.838. The molecule has 2 rings (SSSR count). The summed E-state index contributed by atoms with van der Waals surface area (Å²) in [7, 11) is 0. The van der Waals surface area contributed by atoms with Crippen LogP contribution in [0.4, 0.5) is 0 Å². The maximum absolute atomic E-state index is 10.0. The van der Waals surface area contributed by atoms with E-state index in [9.17, 15) is 10.2 Å². The van der Waals surface area contributed by atoms with E-state index in [2.05, 4.69) is 17.9 Å². The predicted molar refractivity (Wildman–Crippen MR) is 77.3 cm³/mol. The van der Waals surface area contributed by atoms with Gasteiger partial charge in [-0.2, -0.15) is 0 Å². The molecular weight excluding hydrogens is 238 g/mol. The van der Waals surface area contributed by atoms with Crippen molar-refractivity contribution in [3.05, 3.63) is 28.8 Å². The van der Waals surface area contributed by atoms with E-state index in [1.807, 2.05) is 19.9 Å². The lowest BCUT2D eigenvalue weighted by Crippen LogP contribution is -2.36. The topological polar surface area (TPSA) is 43.7 Å². The second-order valence-electron chi connectivity index (χ2n) is 5.92. The van der Waals surface area contributed by atoms with Crippen LogP contribution in [0.2, 0.25) is 0 Å². The Morgan fingerprint density at radius 2 is 1.79 bits per heavy atom. The molecule has 1 atom stereocenters. The Labute approximate surface area is 115 Å². The minimum absolute atomic E-state index is 0.197. The molecule has 1 unspecified atom stereocenters. The molecule has 0 aliphatic carbocycles. The molecule has 0 saturated carbocycles. The molecule has 1 heterocycles. The molecule has 3 nitrogen and oxygen atoms in total. The highest BCUT2D eigenvalue weighted by atomic mass is 16.3. The quantitative estimate of drug-likeness (QED) is 0.881. The van der Waals surface area contributed by atoms with Gasteiger partial charge in [-0.1, -0.05) is 6.07 Å². The number of aliphatic hydroxyl groups is 1. The van der Waals surface area contributed by atoms with Gasteiger partial charge in [-0.25, -0.2) is 0 Å². The first-order valence-corrected chi connectivity index (χ1v) is 7.17. The first kappa shape index (κ1) is 14.4. The molecular formula is C16H25NO2. The average molecular weight is 263 g/mol. The van der Waals surface area contributed by atoms with Gasteiger partial charge in [0.1, 0.15) is 5.75 Å². The van der Waals surface area contributed by atoms with Crippen LogP contribution in [-0.2, 0) is 6.54 Å². The molecule has 19 heavy (non-hydrogen) atoms. The van der Waals surface area contributed by atoms with Gasteiger partial charge >= 0.3 is 0 Å². The zero-order valence-corrected chi connectivity index (χ0v) is 12.2. The van der Waals surface area contributed by atoms with Crippen molar-refractivity contribution in [1.29, 1.82) is 0 Å². The van der Waals surface area contributed by atoms with E-state index < -0.39 is 0 Å². The summed E-state index contributed by atoms with van der Waals surface area (Å²) < 4.78 is 0. The van der Waals surface area contributed by atoms with E-state index in [1.165, 1.54) is 5.56 Å². The van der Waals surface area contributed by atoms with Gasteiger partial charge in [-0.3, -0.25) is 4.90 Å². The van der Waals surface area contributed by atoms with Gasteiger partial charge in [-0.05, 0) is 69.8 Å². The number of aliphatic hydroxyl groups excluding tert-OH is 1. The first-order valence-electron chi connectivity index (χ1n) is 7.17. The summed E-state index contributed by atoms with van der Waals surface area (Å²) in [6.45, 7) is 8.80. The number of piperidine rings is 1. The zero-order valence-electron chi connectivity index (χ0n) is 12.2. The van der Waals surface area contributed by atoms with Gasteiger partial charge in [-0.15, -0.1) is 0 Å².